The minimum absolute atomic E-state index is 0.770. The minimum atomic E-state index is 0.770. The summed E-state index contributed by atoms with van der Waals surface area (Å²) in [5, 5.41) is 1.09. The van der Waals surface area contributed by atoms with Crippen molar-refractivity contribution in [2.75, 3.05) is 18.0 Å². The van der Waals surface area contributed by atoms with Crippen LogP contribution in [0.3, 0.4) is 0 Å². The second-order valence-electron chi connectivity index (χ2n) is 5.12. The van der Waals surface area contributed by atoms with Gasteiger partial charge in [0.15, 0.2) is 5.82 Å². The van der Waals surface area contributed by atoms with Crippen molar-refractivity contribution < 1.29 is 0 Å². The molecule has 0 amide bonds. The summed E-state index contributed by atoms with van der Waals surface area (Å²) in [5.74, 6) is 1.78. The van der Waals surface area contributed by atoms with Crippen LogP contribution in [0.25, 0.3) is 22.4 Å². The van der Waals surface area contributed by atoms with Gasteiger partial charge in [0.25, 0.3) is 0 Å². The number of aryl methyl sites for hydroxylation is 1. The van der Waals surface area contributed by atoms with Gasteiger partial charge in [0.2, 0.25) is 0 Å². The van der Waals surface area contributed by atoms with Gasteiger partial charge in [0.05, 0.1) is 5.39 Å². The van der Waals surface area contributed by atoms with Crippen LogP contribution in [0.2, 0.25) is 0 Å². The van der Waals surface area contributed by atoms with Gasteiger partial charge in [-0.25, -0.2) is 9.97 Å². The van der Waals surface area contributed by atoms with Gasteiger partial charge in [-0.05, 0) is 26.8 Å². The summed E-state index contributed by atoms with van der Waals surface area (Å²) in [5.41, 5.74) is 3.06. The van der Waals surface area contributed by atoms with Gasteiger partial charge >= 0.3 is 0 Å². The Morgan fingerprint density at radius 1 is 1.05 bits per heavy atom. The van der Waals surface area contributed by atoms with Gasteiger partial charge in [0, 0.05) is 24.3 Å². The monoisotopic (exact) mass is 280 g/mol. The lowest BCUT2D eigenvalue weighted by Crippen LogP contribution is -2.23. The molecule has 0 saturated heterocycles. The van der Waals surface area contributed by atoms with Crippen LogP contribution in [0, 0.1) is 6.92 Å². The predicted octanol–water partition coefficient (Wildman–Crippen LogP) is 3.78. The quantitative estimate of drug-likeness (QED) is 0.791. The Labute approximate surface area is 124 Å². The maximum absolute atomic E-state index is 4.82. The largest absolute Gasteiger partial charge is 0.356 e. The molecule has 4 nitrogen and oxygen atoms in total. The Kier molecular flexibility index (Phi) is 3.60. The molecule has 0 saturated carbocycles. The highest BCUT2D eigenvalue weighted by Crippen LogP contribution is 2.27. The average Bonchev–Trinajstić information content (AvgIpc) is 2.89. The third-order valence-electron chi connectivity index (χ3n) is 3.70. The number of benzene rings is 1. The lowest BCUT2D eigenvalue weighted by molar-refractivity contribution is 0.850. The lowest BCUT2D eigenvalue weighted by atomic mass is 10.2. The van der Waals surface area contributed by atoms with Crippen LogP contribution in [0.1, 0.15) is 19.5 Å². The summed E-state index contributed by atoms with van der Waals surface area (Å²) in [6.07, 6.45) is 0. The van der Waals surface area contributed by atoms with Crippen molar-refractivity contribution in [1.82, 2.24) is 15.0 Å². The molecule has 0 spiro atoms. The zero-order chi connectivity index (χ0) is 14.8. The molecule has 0 unspecified atom stereocenters. The Bertz CT molecular complexity index is 742. The topological polar surface area (TPSA) is 44.8 Å². The van der Waals surface area contributed by atoms with E-state index in [-0.39, 0.29) is 0 Å². The van der Waals surface area contributed by atoms with Gasteiger partial charge in [0.1, 0.15) is 11.5 Å². The molecule has 0 aliphatic rings. The van der Waals surface area contributed by atoms with Crippen LogP contribution in [0.15, 0.2) is 36.4 Å². The Hall–Kier alpha value is -2.36. The molecule has 108 valence electrons. The summed E-state index contributed by atoms with van der Waals surface area (Å²) in [6, 6.07) is 12.2. The standard InChI is InChI=1S/C17H20N4/c1-4-21(5-2)17-14-11-12(3)18-16(14)19-15(20-17)13-9-7-6-8-10-13/h6-11H,4-5H2,1-3H3,(H,18,19,20). The number of rotatable bonds is 4. The molecule has 0 aliphatic heterocycles. The van der Waals surface area contributed by atoms with E-state index in [0.29, 0.717) is 0 Å². The van der Waals surface area contributed by atoms with Crippen molar-refractivity contribution in [3.8, 4) is 11.4 Å². The molecule has 4 heteroatoms. The maximum Gasteiger partial charge on any atom is 0.163 e. The molecule has 2 aromatic heterocycles. The van der Waals surface area contributed by atoms with Crippen LogP contribution < -0.4 is 4.90 Å². The number of aromatic amines is 1. The summed E-state index contributed by atoms with van der Waals surface area (Å²) >= 11 is 0. The van der Waals surface area contributed by atoms with Crippen molar-refractivity contribution in [2.24, 2.45) is 0 Å². The normalized spacial score (nSPS) is 11.0. The van der Waals surface area contributed by atoms with Crippen molar-refractivity contribution in [3.05, 3.63) is 42.1 Å². The van der Waals surface area contributed by atoms with Gasteiger partial charge in [-0.1, -0.05) is 30.3 Å². The molecular weight excluding hydrogens is 260 g/mol. The number of fused-ring (bicyclic) bond motifs is 1. The lowest BCUT2D eigenvalue weighted by Gasteiger charge is -2.21. The van der Waals surface area contributed by atoms with Crippen molar-refractivity contribution in [1.29, 1.82) is 0 Å². The molecule has 0 bridgehead atoms. The molecule has 0 aliphatic carbocycles. The fourth-order valence-electron chi connectivity index (χ4n) is 2.61. The Morgan fingerprint density at radius 2 is 1.76 bits per heavy atom. The molecule has 21 heavy (non-hydrogen) atoms. The molecule has 1 N–H and O–H groups in total. The summed E-state index contributed by atoms with van der Waals surface area (Å²) < 4.78 is 0. The van der Waals surface area contributed by atoms with E-state index in [1.54, 1.807) is 0 Å². The van der Waals surface area contributed by atoms with Crippen LogP contribution in [0.5, 0.6) is 0 Å². The molecule has 0 atom stereocenters. The third kappa shape index (κ3) is 2.49. The first-order valence-corrected chi connectivity index (χ1v) is 7.40. The SMILES string of the molecule is CCN(CC)c1nc(-c2ccccc2)nc2[nH]c(C)cc12. The highest BCUT2D eigenvalue weighted by molar-refractivity contribution is 5.90. The van der Waals surface area contributed by atoms with Gasteiger partial charge < -0.3 is 9.88 Å². The Balaban J connectivity index is 2.24. The van der Waals surface area contributed by atoms with E-state index in [2.05, 4.69) is 41.7 Å². The molecule has 2 heterocycles. The van der Waals surface area contributed by atoms with E-state index in [9.17, 15) is 0 Å². The van der Waals surface area contributed by atoms with Crippen LogP contribution in [-0.4, -0.2) is 28.0 Å². The predicted molar refractivity (Wildman–Crippen MR) is 87.6 cm³/mol. The third-order valence-corrected chi connectivity index (χ3v) is 3.70. The first kappa shape index (κ1) is 13.6. The van der Waals surface area contributed by atoms with Crippen LogP contribution in [0.4, 0.5) is 5.82 Å². The highest BCUT2D eigenvalue weighted by Gasteiger charge is 2.14. The van der Waals surface area contributed by atoms with E-state index in [4.69, 9.17) is 4.98 Å². The second kappa shape index (κ2) is 5.56. The summed E-state index contributed by atoms with van der Waals surface area (Å²) in [7, 11) is 0. The number of nitrogens with zero attached hydrogens (tertiary/aromatic N) is 3. The molecule has 3 aromatic rings. The number of hydrogen-bond acceptors (Lipinski definition) is 3. The van der Waals surface area contributed by atoms with E-state index < -0.39 is 0 Å². The van der Waals surface area contributed by atoms with Crippen molar-refractivity contribution in [3.63, 3.8) is 0 Å². The maximum atomic E-state index is 4.82. The minimum Gasteiger partial charge on any atom is -0.356 e. The van der Waals surface area contributed by atoms with Crippen molar-refractivity contribution in [2.45, 2.75) is 20.8 Å². The number of aromatic nitrogens is 3. The number of anilines is 1. The molecule has 3 rings (SSSR count). The number of nitrogens with one attached hydrogen (secondary N) is 1. The summed E-state index contributed by atoms with van der Waals surface area (Å²) in [6.45, 7) is 8.22. The first-order chi connectivity index (χ1) is 10.2. The number of hydrogen-bond donors (Lipinski definition) is 1. The smallest absolute Gasteiger partial charge is 0.163 e. The van der Waals surface area contributed by atoms with Gasteiger partial charge in [-0.15, -0.1) is 0 Å². The fraction of sp³-hybridized carbons (Fsp3) is 0.294. The van der Waals surface area contributed by atoms with E-state index in [0.717, 1.165) is 47.0 Å². The Morgan fingerprint density at radius 3 is 2.43 bits per heavy atom. The average molecular weight is 280 g/mol. The van der Waals surface area contributed by atoms with E-state index in [1.165, 1.54) is 0 Å². The first-order valence-electron chi connectivity index (χ1n) is 7.40. The van der Waals surface area contributed by atoms with E-state index >= 15 is 0 Å². The van der Waals surface area contributed by atoms with Gasteiger partial charge in [-0.3, -0.25) is 0 Å². The zero-order valence-corrected chi connectivity index (χ0v) is 12.7. The van der Waals surface area contributed by atoms with Crippen LogP contribution >= 0.6 is 0 Å². The highest BCUT2D eigenvalue weighted by atomic mass is 15.2. The van der Waals surface area contributed by atoms with Gasteiger partial charge in [-0.2, -0.15) is 0 Å². The van der Waals surface area contributed by atoms with Crippen LogP contribution in [-0.2, 0) is 0 Å². The summed E-state index contributed by atoms with van der Waals surface area (Å²) in [4.78, 5) is 15.1. The molecular formula is C17H20N4. The number of H-pyrrole nitrogens is 1. The molecule has 0 radical (unpaired) electrons. The molecule has 0 fully saturated rings. The fourth-order valence-corrected chi connectivity index (χ4v) is 2.61. The van der Waals surface area contributed by atoms with Crippen molar-refractivity contribution >= 4 is 16.9 Å². The van der Waals surface area contributed by atoms with E-state index in [1.807, 2.05) is 30.3 Å². The molecule has 1 aromatic carbocycles. The zero-order valence-electron chi connectivity index (χ0n) is 12.7. The second-order valence-corrected chi connectivity index (χ2v) is 5.12.